The molecule has 0 spiro atoms. The molecule has 1 amide bonds. The summed E-state index contributed by atoms with van der Waals surface area (Å²) in [5, 5.41) is 3.41. The molecule has 2 aliphatic rings. The molecule has 1 aromatic heterocycles. The van der Waals surface area contributed by atoms with Gasteiger partial charge in [-0.3, -0.25) is 4.79 Å². The third-order valence-electron chi connectivity index (χ3n) is 5.42. The van der Waals surface area contributed by atoms with Gasteiger partial charge in [0.15, 0.2) is 11.7 Å². The molecule has 2 aliphatic heterocycles. The van der Waals surface area contributed by atoms with E-state index >= 15 is 0 Å². The molecule has 8 nitrogen and oxygen atoms in total. The van der Waals surface area contributed by atoms with Gasteiger partial charge in [0, 0.05) is 46.1 Å². The second-order valence-corrected chi connectivity index (χ2v) is 7.68. The topological polar surface area (TPSA) is 79.5 Å². The van der Waals surface area contributed by atoms with Gasteiger partial charge in [-0.15, -0.1) is 0 Å². The van der Waals surface area contributed by atoms with E-state index in [1.807, 2.05) is 19.1 Å². The first-order chi connectivity index (χ1) is 13.5. The van der Waals surface area contributed by atoms with Crippen LogP contribution in [0.4, 0.5) is 0 Å². The molecular formula is C20H32N4O4. The number of nitrogens with one attached hydrogen (secondary N) is 1. The third kappa shape index (κ3) is 5.26. The van der Waals surface area contributed by atoms with E-state index in [1.165, 1.54) is 0 Å². The molecule has 3 heterocycles. The summed E-state index contributed by atoms with van der Waals surface area (Å²) in [6, 6.07) is 3.85. The van der Waals surface area contributed by atoms with Gasteiger partial charge in [-0.05, 0) is 31.9 Å². The van der Waals surface area contributed by atoms with Crippen LogP contribution in [-0.4, -0.2) is 80.9 Å². The van der Waals surface area contributed by atoms with Crippen molar-refractivity contribution < 1.29 is 18.7 Å². The minimum atomic E-state index is -0.530. The highest BCUT2D eigenvalue weighted by molar-refractivity contribution is 5.84. The van der Waals surface area contributed by atoms with E-state index in [4.69, 9.17) is 13.9 Å². The minimum absolute atomic E-state index is 0.0201. The van der Waals surface area contributed by atoms with Crippen LogP contribution in [0.5, 0.6) is 0 Å². The van der Waals surface area contributed by atoms with Crippen LogP contribution in [0.3, 0.4) is 0 Å². The molecule has 0 aromatic carbocycles. The molecule has 156 valence electrons. The van der Waals surface area contributed by atoms with Crippen molar-refractivity contribution in [2.24, 2.45) is 10.9 Å². The molecule has 3 rings (SSSR count). The molecule has 0 aliphatic carbocycles. The highest BCUT2D eigenvalue weighted by Crippen LogP contribution is 2.34. The van der Waals surface area contributed by atoms with E-state index in [0.29, 0.717) is 19.8 Å². The maximum absolute atomic E-state index is 12.0. The summed E-state index contributed by atoms with van der Waals surface area (Å²) < 4.78 is 17.2. The van der Waals surface area contributed by atoms with E-state index < -0.39 is 5.79 Å². The predicted octanol–water partition coefficient (Wildman–Crippen LogP) is 1.33. The number of hydrogen-bond acceptors (Lipinski definition) is 5. The van der Waals surface area contributed by atoms with Gasteiger partial charge in [0.05, 0.1) is 19.5 Å². The molecule has 2 saturated heterocycles. The van der Waals surface area contributed by atoms with Gasteiger partial charge < -0.3 is 29.0 Å². The molecular weight excluding hydrogens is 360 g/mol. The average molecular weight is 393 g/mol. The van der Waals surface area contributed by atoms with Gasteiger partial charge in [0.2, 0.25) is 5.91 Å². The number of aliphatic imine (C=N–C) groups is 1. The van der Waals surface area contributed by atoms with Crippen molar-refractivity contribution in [1.82, 2.24) is 15.1 Å². The summed E-state index contributed by atoms with van der Waals surface area (Å²) in [4.78, 5) is 20.4. The molecule has 1 N–H and O–H groups in total. The Hall–Kier alpha value is -2.06. The first kappa shape index (κ1) is 20.7. The molecule has 1 aromatic rings. The summed E-state index contributed by atoms with van der Waals surface area (Å²) in [7, 11) is 3.49. The maximum Gasteiger partial charge on any atom is 0.243 e. The second kappa shape index (κ2) is 9.43. The molecule has 0 radical (unpaired) electrons. The van der Waals surface area contributed by atoms with Crippen LogP contribution in [0.2, 0.25) is 0 Å². The van der Waals surface area contributed by atoms with E-state index in [0.717, 1.165) is 44.1 Å². The Bertz CT molecular complexity index is 653. The van der Waals surface area contributed by atoms with Crippen LogP contribution < -0.4 is 5.32 Å². The van der Waals surface area contributed by atoms with Crippen molar-refractivity contribution in [3.05, 3.63) is 24.2 Å². The van der Waals surface area contributed by atoms with E-state index in [2.05, 4.69) is 15.2 Å². The summed E-state index contributed by atoms with van der Waals surface area (Å²) in [5.74, 6) is 1.40. The smallest absolute Gasteiger partial charge is 0.243 e. The van der Waals surface area contributed by atoms with Crippen LogP contribution in [0.15, 0.2) is 27.8 Å². The van der Waals surface area contributed by atoms with Gasteiger partial charge in [-0.1, -0.05) is 0 Å². The van der Waals surface area contributed by atoms with Crippen LogP contribution in [0.25, 0.3) is 0 Å². The van der Waals surface area contributed by atoms with Crippen molar-refractivity contribution in [3.63, 3.8) is 0 Å². The number of nitrogens with zero attached hydrogens (tertiary/aromatic N) is 3. The molecule has 0 saturated carbocycles. The molecule has 0 bridgehead atoms. The summed E-state index contributed by atoms with van der Waals surface area (Å²) in [6.07, 6.45) is 4.53. The summed E-state index contributed by atoms with van der Waals surface area (Å²) in [5.41, 5.74) is 0. The number of likely N-dealkylation sites (tertiary alicyclic amines) is 1. The lowest BCUT2D eigenvalue weighted by Gasteiger charge is -2.41. The largest absolute Gasteiger partial charge is 0.469 e. The normalized spacial score (nSPS) is 22.3. The SMILES string of the molecule is CN(C)C(=O)CN=C(NCCc1ccco1)N1CCCC(C2(C)OCCO2)C1. The summed E-state index contributed by atoms with van der Waals surface area (Å²) in [6.45, 7) is 5.83. The first-order valence-corrected chi connectivity index (χ1v) is 10.0. The fourth-order valence-corrected chi connectivity index (χ4v) is 3.67. The number of carbonyl (C=O) groups is 1. The maximum atomic E-state index is 12.0. The van der Waals surface area contributed by atoms with Crippen molar-refractivity contribution in [2.75, 3.05) is 53.5 Å². The fraction of sp³-hybridized carbons (Fsp3) is 0.700. The van der Waals surface area contributed by atoms with Gasteiger partial charge in [-0.2, -0.15) is 0 Å². The highest BCUT2D eigenvalue weighted by Gasteiger charge is 2.42. The molecule has 28 heavy (non-hydrogen) atoms. The predicted molar refractivity (Wildman–Crippen MR) is 106 cm³/mol. The third-order valence-corrected chi connectivity index (χ3v) is 5.42. The lowest BCUT2D eigenvalue weighted by molar-refractivity contribution is -0.189. The number of carbonyl (C=O) groups excluding carboxylic acids is 1. The van der Waals surface area contributed by atoms with E-state index in [9.17, 15) is 4.79 Å². The highest BCUT2D eigenvalue weighted by atomic mass is 16.7. The molecule has 2 fully saturated rings. The second-order valence-electron chi connectivity index (χ2n) is 7.68. The zero-order valence-electron chi connectivity index (χ0n) is 17.1. The Morgan fingerprint density at radius 1 is 1.39 bits per heavy atom. The number of piperidine rings is 1. The van der Waals surface area contributed by atoms with Crippen molar-refractivity contribution in [2.45, 2.75) is 32.0 Å². The Balaban J connectivity index is 1.65. The lowest BCUT2D eigenvalue weighted by Crippen LogP contribution is -2.52. The molecule has 1 atom stereocenters. The van der Waals surface area contributed by atoms with Gasteiger partial charge >= 0.3 is 0 Å². The van der Waals surface area contributed by atoms with E-state index in [-0.39, 0.29) is 18.4 Å². The van der Waals surface area contributed by atoms with Crippen LogP contribution >= 0.6 is 0 Å². The number of guanidine groups is 1. The zero-order chi connectivity index (χ0) is 20.0. The standard InChI is InChI=1S/C20H32N4O4/c1-20(27-12-13-28-20)16-6-4-10-24(15-16)19(22-14-18(25)23(2)3)21-9-8-17-7-5-11-26-17/h5,7,11,16H,4,6,8-10,12-15H2,1-3H3,(H,21,22). The summed E-state index contributed by atoms with van der Waals surface area (Å²) >= 11 is 0. The number of amides is 1. The Labute approximate surface area is 166 Å². The van der Waals surface area contributed by atoms with Gasteiger partial charge in [0.1, 0.15) is 12.3 Å². The van der Waals surface area contributed by atoms with Crippen LogP contribution in [-0.2, 0) is 20.7 Å². The number of rotatable bonds is 6. The van der Waals surface area contributed by atoms with Gasteiger partial charge in [-0.25, -0.2) is 4.99 Å². The average Bonchev–Trinajstić information content (AvgIpc) is 3.36. The van der Waals surface area contributed by atoms with Crippen molar-refractivity contribution >= 4 is 11.9 Å². The zero-order valence-corrected chi connectivity index (χ0v) is 17.1. The van der Waals surface area contributed by atoms with Crippen LogP contribution in [0, 0.1) is 5.92 Å². The Kier molecular flexibility index (Phi) is 6.96. The number of ether oxygens (including phenoxy) is 2. The Morgan fingerprint density at radius 2 is 2.18 bits per heavy atom. The van der Waals surface area contributed by atoms with Gasteiger partial charge in [0.25, 0.3) is 0 Å². The monoisotopic (exact) mass is 392 g/mol. The molecule has 1 unspecified atom stereocenters. The quantitative estimate of drug-likeness (QED) is 0.581. The van der Waals surface area contributed by atoms with Crippen molar-refractivity contribution in [1.29, 1.82) is 0 Å². The van der Waals surface area contributed by atoms with E-state index in [1.54, 1.807) is 25.3 Å². The van der Waals surface area contributed by atoms with Crippen molar-refractivity contribution in [3.8, 4) is 0 Å². The Morgan fingerprint density at radius 3 is 2.86 bits per heavy atom. The number of likely N-dealkylation sites (N-methyl/N-ethyl adjacent to an activating group) is 1. The first-order valence-electron chi connectivity index (χ1n) is 10.0. The fourth-order valence-electron chi connectivity index (χ4n) is 3.67. The number of hydrogen-bond donors (Lipinski definition) is 1. The number of furan rings is 1. The lowest BCUT2D eigenvalue weighted by atomic mass is 9.90. The minimum Gasteiger partial charge on any atom is -0.469 e. The van der Waals surface area contributed by atoms with Crippen LogP contribution in [0.1, 0.15) is 25.5 Å². The molecule has 8 heteroatoms.